The zero-order valence-corrected chi connectivity index (χ0v) is 12.3. The van der Waals surface area contributed by atoms with Gasteiger partial charge < -0.3 is 15.4 Å². The van der Waals surface area contributed by atoms with Gasteiger partial charge in [0.2, 0.25) is 5.91 Å². The lowest BCUT2D eigenvalue weighted by Crippen LogP contribution is -2.33. The molecule has 1 amide bonds. The quantitative estimate of drug-likeness (QED) is 0.870. The van der Waals surface area contributed by atoms with Crippen LogP contribution >= 0.6 is 15.9 Å². The Balaban J connectivity index is 2.51. The van der Waals surface area contributed by atoms with Crippen LogP contribution in [0.2, 0.25) is 0 Å². The fraction of sp³-hybridized carbons (Fsp3) is 0.462. The van der Waals surface area contributed by atoms with Crippen LogP contribution in [0.15, 0.2) is 28.7 Å². The van der Waals surface area contributed by atoms with E-state index in [0.717, 1.165) is 10.0 Å². The molecule has 0 spiro atoms. The highest BCUT2D eigenvalue weighted by Gasteiger charge is 2.15. The topological polar surface area (TPSA) is 55.6 Å². The molecule has 1 atom stereocenters. The van der Waals surface area contributed by atoms with Gasteiger partial charge in [0.25, 0.3) is 0 Å². The molecule has 0 radical (unpaired) electrons. The molecule has 1 unspecified atom stereocenters. The minimum Gasteiger partial charge on any atom is -0.380 e. The highest BCUT2D eigenvalue weighted by Crippen LogP contribution is 2.12. The summed E-state index contributed by atoms with van der Waals surface area (Å²) in [5.74, 6) is 0.0372. The predicted molar refractivity (Wildman–Crippen MR) is 75.1 cm³/mol. The van der Waals surface area contributed by atoms with Crippen LogP contribution in [0.5, 0.6) is 0 Å². The fourth-order valence-electron chi connectivity index (χ4n) is 1.57. The fourth-order valence-corrected chi connectivity index (χ4v) is 1.83. The highest BCUT2D eigenvalue weighted by atomic mass is 79.9. The SMILES string of the molecule is COC(CN)CC(=O)N(C)Cc1ccc(Br)cc1. The first-order valence-corrected chi connectivity index (χ1v) is 6.57. The molecule has 0 saturated carbocycles. The molecule has 0 aliphatic carbocycles. The van der Waals surface area contributed by atoms with E-state index in [1.165, 1.54) is 0 Å². The lowest BCUT2D eigenvalue weighted by molar-refractivity contribution is -0.132. The smallest absolute Gasteiger partial charge is 0.225 e. The van der Waals surface area contributed by atoms with Gasteiger partial charge in [-0.2, -0.15) is 0 Å². The van der Waals surface area contributed by atoms with Gasteiger partial charge in [0.05, 0.1) is 12.5 Å². The zero-order valence-electron chi connectivity index (χ0n) is 10.7. The Hall–Kier alpha value is -0.910. The van der Waals surface area contributed by atoms with Gasteiger partial charge in [-0.15, -0.1) is 0 Å². The number of rotatable bonds is 6. The molecule has 18 heavy (non-hydrogen) atoms. The van der Waals surface area contributed by atoms with Crippen molar-refractivity contribution < 1.29 is 9.53 Å². The van der Waals surface area contributed by atoms with E-state index in [1.807, 2.05) is 24.3 Å². The van der Waals surface area contributed by atoms with Crippen LogP contribution in [0, 0.1) is 0 Å². The second-order valence-corrected chi connectivity index (χ2v) is 5.09. The van der Waals surface area contributed by atoms with Crippen LogP contribution in [-0.2, 0) is 16.1 Å². The summed E-state index contributed by atoms with van der Waals surface area (Å²) in [6.07, 6.45) is 0.116. The average molecular weight is 315 g/mol. The third-order valence-electron chi connectivity index (χ3n) is 2.76. The molecule has 0 aliphatic heterocycles. The minimum atomic E-state index is -0.204. The summed E-state index contributed by atoms with van der Waals surface area (Å²) >= 11 is 3.38. The Kier molecular flexibility index (Phi) is 6.32. The van der Waals surface area contributed by atoms with E-state index in [-0.39, 0.29) is 12.0 Å². The molecular formula is C13H19BrN2O2. The number of halogens is 1. The molecule has 0 heterocycles. The highest BCUT2D eigenvalue weighted by molar-refractivity contribution is 9.10. The Morgan fingerprint density at radius 1 is 1.44 bits per heavy atom. The molecular weight excluding hydrogens is 296 g/mol. The Bertz CT molecular complexity index is 377. The van der Waals surface area contributed by atoms with Crippen molar-refractivity contribution in [3.05, 3.63) is 34.3 Å². The van der Waals surface area contributed by atoms with Crippen LogP contribution in [0.4, 0.5) is 0 Å². The Morgan fingerprint density at radius 2 is 2.06 bits per heavy atom. The minimum absolute atomic E-state index is 0.0372. The first-order chi connectivity index (χ1) is 8.56. The number of amides is 1. The van der Waals surface area contributed by atoms with Gasteiger partial charge in [-0.05, 0) is 17.7 Å². The van der Waals surface area contributed by atoms with Gasteiger partial charge in [0.1, 0.15) is 0 Å². The van der Waals surface area contributed by atoms with Crippen molar-refractivity contribution in [2.24, 2.45) is 5.73 Å². The van der Waals surface area contributed by atoms with Crippen molar-refractivity contribution >= 4 is 21.8 Å². The summed E-state index contributed by atoms with van der Waals surface area (Å²) in [5.41, 5.74) is 6.59. The van der Waals surface area contributed by atoms with Gasteiger partial charge >= 0.3 is 0 Å². The lowest BCUT2D eigenvalue weighted by Gasteiger charge is -2.20. The Labute approximate surface area is 116 Å². The van der Waals surface area contributed by atoms with Crippen molar-refractivity contribution in [3.63, 3.8) is 0 Å². The molecule has 0 bridgehead atoms. The first-order valence-electron chi connectivity index (χ1n) is 5.78. The van der Waals surface area contributed by atoms with Crippen LogP contribution in [0.3, 0.4) is 0 Å². The normalized spacial score (nSPS) is 12.2. The maximum absolute atomic E-state index is 11.9. The largest absolute Gasteiger partial charge is 0.380 e. The third kappa shape index (κ3) is 4.76. The van der Waals surface area contributed by atoms with Crippen LogP contribution < -0.4 is 5.73 Å². The number of hydrogen-bond acceptors (Lipinski definition) is 3. The first kappa shape index (κ1) is 15.1. The third-order valence-corrected chi connectivity index (χ3v) is 3.29. The van der Waals surface area contributed by atoms with E-state index in [9.17, 15) is 4.79 Å². The maximum Gasteiger partial charge on any atom is 0.225 e. The van der Waals surface area contributed by atoms with E-state index >= 15 is 0 Å². The number of nitrogens with zero attached hydrogens (tertiary/aromatic N) is 1. The molecule has 5 heteroatoms. The number of benzene rings is 1. The Morgan fingerprint density at radius 3 is 2.56 bits per heavy atom. The molecule has 0 fully saturated rings. The van der Waals surface area contributed by atoms with E-state index < -0.39 is 0 Å². The summed E-state index contributed by atoms with van der Waals surface area (Å²) in [4.78, 5) is 13.6. The van der Waals surface area contributed by atoms with Crippen LogP contribution in [-0.4, -0.2) is 37.6 Å². The number of carbonyl (C=O) groups excluding carboxylic acids is 1. The number of carbonyl (C=O) groups is 1. The standard InChI is InChI=1S/C13H19BrN2O2/c1-16(13(17)7-12(8-15)18-2)9-10-3-5-11(14)6-4-10/h3-6,12H,7-9,15H2,1-2H3. The summed E-state index contributed by atoms with van der Waals surface area (Å²) < 4.78 is 6.14. The monoisotopic (exact) mass is 314 g/mol. The summed E-state index contributed by atoms with van der Waals surface area (Å²) in [7, 11) is 3.35. The van der Waals surface area contributed by atoms with Gasteiger partial charge in [0, 0.05) is 31.7 Å². The van der Waals surface area contributed by atoms with Gasteiger partial charge in [-0.25, -0.2) is 0 Å². The summed E-state index contributed by atoms with van der Waals surface area (Å²) in [6.45, 7) is 0.946. The average Bonchev–Trinajstić information content (AvgIpc) is 2.38. The predicted octanol–water partition coefficient (Wildman–Crippen LogP) is 1.77. The molecule has 1 aromatic carbocycles. The molecule has 0 aliphatic rings. The number of nitrogens with two attached hydrogens (primary N) is 1. The van der Waals surface area contributed by atoms with Gasteiger partial charge in [-0.3, -0.25) is 4.79 Å². The summed E-state index contributed by atoms with van der Waals surface area (Å²) in [5, 5.41) is 0. The van der Waals surface area contributed by atoms with Crippen molar-refractivity contribution in [1.82, 2.24) is 4.90 Å². The number of methoxy groups -OCH3 is 1. The van der Waals surface area contributed by atoms with Gasteiger partial charge in [0.15, 0.2) is 0 Å². The number of hydrogen-bond donors (Lipinski definition) is 1. The van der Waals surface area contributed by atoms with Crippen LogP contribution in [0.1, 0.15) is 12.0 Å². The maximum atomic E-state index is 11.9. The number of ether oxygens (including phenoxy) is 1. The van der Waals surface area contributed by atoms with Gasteiger partial charge in [-0.1, -0.05) is 28.1 Å². The molecule has 100 valence electrons. The molecule has 0 aromatic heterocycles. The molecule has 2 N–H and O–H groups in total. The summed E-state index contributed by atoms with van der Waals surface area (Å²) in [6, 6.07) is 7.91. The zero-order chi connectivity index (χ0) is 13.5. The second kappa shape index (κ2) is 7.51. The van der Waals surface area contributed by atoms with E-state index in [4.69, 9.17) is 10.5 Å². The van der Waals surface area contributed by atoms with E-state index in [1.54, 1.807) is 19.1 Å². The second-order valence-electron chi connectivity index (χ2n) is 4.17. The molecule has 4 nitrogen and oxygen atoms in total. The molecule has 1 aromatic rings. The van der Waals surface area contributed by atoms with Crippen molar-refractivity contribution in [2.45, 2.75) is 19.1 Å². The lowest BCUT2D eigenvalue weighted by atomic mass is 10.2. The van der Waals surface area contributed by atoms with Crippen molar-refractivity contribution in [2.75, 3.05) is 20.7 Å². The molecule has 0 saturated heterocycles. The molecule has 1 rings (SSSR count). The van der Waals surface area contributed by atoms with Crippen molar-refractivity contribution in [3.8, 4) is 0 Å². The van der Waals surface area contributed by atoms with Crippen LogP contribution in [0.25, 0.3) is 0 Å². The van der Waals surface area contributed by atoms with Crippen molar-refractivity contribution in [1.29, 1.82) is 0 Å². The van der Waals surface area contributed by atoms with E-state index in [2.05, 4.69) is 15.9 Å². The van der Waals surface area contributed by atoms with E-state index in [0.29, 0.717) is 19.5 Å².